The van der Waals surface area contributed by atoms with Crippen LogP contribution in [0, 0.1) is 5.41 Å². The predicted octanol–water partition coefficient (Wildman–Crippen LogP) is 3.77. The summed E-state index contributed by atoms with van der Waals surface area (Å²) in [5, 5.41) is 11.2. The van der Waals surface area contributed by atoms with E-state index >= 15 is 0 Å². The van der Waals surface area contributed by atoms with Crippen LogP contribution in [0.25, 0.3) is 22.5 Å². The van der Waals surface area contributed by atoms with Gasteiger partial charge in [-0.25, -0.2) is 9.97 Å². The Morgan fingerprint density at radius 2 is 1.44 bits per heavy atom. The first-order valence-corrected chi connectivity index (χ1v) is 8.27. The van der Waals surface area contributed by atoms with Gasteiger partial charge in [0.25, 0.3) is 0 Å². The molecule has 1 atom stereocenters. The summed E-state index contributed by atoms with van der Waals surface area (Å²) in [6.45, 7) is 2.46. The third kappa shape index (κ3) is 2.79. The Morgan fingerprint density at radius 1 is 0.880 bits per heavy atom. The first-order valence-electron chi connectivity index (χ1n) is 8.27. The van der Waals surface area contributed by atoms with E-state index < -0.39 is 6.23 Å². The van der Waals surface area contributed by atoms with Crippen molar-refractivity contribution in [2.24, 2.45) is 0 Å². The Morgan fingerprint density at radius 3 is 2.00 bits per heavy atom. The number of rotatable bonds is 4. The van der Waals surface area contributed by atoms with Crippen LogP contribution in [0.1, 0.15) is 24.5 Å². The normalized spacial score (nSPS) is 15.7. The summed E-state index contributed by atoms with van der Waals surface area (Å²) < 4.78 is 5.68. The molecule has 0 bridgehead atoms. The lowest BCUT2D eigenvalue weighted by molar-refractivity contribution is 0.0529. The monoisotopic (exact) mass is 330 g/mol. The average molecular weight is 330 g/mol. The molecule has 5 heteroatoms. The Balaban J connectivity index is 1.95. The van der Waals surface area contributed by atoms with Crippen LogP contribution in [0.15, 0.2) is 60.7 Å². The smallest absolute Gasteiger partial charge is 0.174 e. The molecule has 2 aromatic carbocycles. The van der Waals surface area contributed by atoms with Gasteiger partial charge in [-0.2, -0.15) is 0 Å². The van der Waals surface area contributed by atoms with Crippen LogP contribution in [-0.4, -0.2) is 22.4 Å². The number of aromatic nitrogens is 2. The zero-order chi connectivity index (χ0) is 17.2. The molecule has 124 valence electrons. The van der Waals surface area contributed by atoms with Crippen LogP contribution >= 0.6 is 0 Å². The van der Waals surface area contributed by atoms with Crippen molar-refractivity contribution in [2.75, 3.05) is 6.61 Å². The minimum absolute atomic E-state index is 0.248. The molecule has 0 saturated heterocycles. The molecule has 2 N–H and O–H groups in total. The van der Waals surface area contributed by atoms with Gasteiger partial charge in [-0.05, 0) is 6.92 Å². The largest absolute Gasteiger partial charge is 0.353 e. The van der Waals surface area contributed by atoms with E-state index in [9.17, 15) is 0 Å². The fourth-order valence-corrected chi connectivity index (χ4v) is 2.96. The minimum atomic E-state index is -0.424. The topological polar surface area (TPSA) is 70.9 Å². The number of hydrogen-bond acceptors (Lipinski definition) is 4. The third-order valence-electron chi connectivity index (χ3n) is 4.11. The maximum Gasteiger partial charge on any atom is 0.174 e. The summed E-state index contributed by atoms with van der Waals surface area (Å²) in [4.78, 5) is 9.64. The molecule has 0 fully saturated rings. The first kappa shape index (κ1) is 15.5. The van der Waals surface area contributed by atoms with Gasteiger partial charge in [0.1, 0.15) is 17.2 Å². The highest BCUT2D eigenvalue weighted by Gasteiger charge is 2.31. The highest BCUT2D eigenvalue weighted by atomic mass is 16.5. The van der Waals surface area contributed by atoms with Gasteiger partial charge in [-0.1, -0.05) is 60.7 Å². The van der Waals surface area contributed by atoms with E-state index in [1.807, 2.05) is 67.6 Å². The summed E-state index contributed by atoms with van der Waals surface area (Å²) in [5.41, 5.74) is 4.76. The van der Waals surface area contributed by atoms with E-state index in [0.717, 1.165) is 22.5 Å². The molecule has 4 rings (SSSR count). The van der Waals surface area contributed by atoms with Gasteiger partial charge < -0.3 is 10.1 Å². The van der Waals surface area contributed by atoms with E-state index in [-0.39, 0.29) is 5.84 Å². The van der Waals surface area contributed by atoms with Gasteiger partial charge in [-0.3, -0.25) is 5.41 Å². The molecule has 2 heterocycles. The quantitative estimate of drug-likeness (QED) is 0.764. The number of hydrogen-bond donors (Lipinski definition) is 2. The van der Waals surface area contributed by atoms with Gasteiger partial charge >= 0.3 is 0 Å². The fraction of sp³-hybridized carbons (Fsp3) is 0.150. The van der Waals surface area contributed by atoms with Crippen molar-refractivity contribution in [3.05, 3.63) is 72.1 Å². The minimum Gasteiger partial charge on any atom is -0.353 e. The SMILES string of the molecule is CCOC1NC(=N)c2nc(-c3ccccc3)c(-c3ccccc3)nc21. The molecule has 0 aliphatic carbocycles. The Labute approximate surface area is 146 Å². The number of nitrogens with zero attached hydrogens (tertiary/aromatic N) is 2. The van der Waals surface area contributed by atoms with E-state index in [2.05, 4.69) is 5.32 Å². The van der Waals surface area contributed by atoms with E-state index in [0.29, 0.717) is 18.0 Å². The number of benzene rings is 2. The van der Waals surface area contributed by atoms with Crippen LogP contribution < -0.4 is 5.32 Å². The van der Waals surface area contributed by atoms with Gasteiger partial charge in [0, 0.05) is 17.7 Å². The van der Waals surface area contributed by atoms with Gasteiger partial charge in [0.15, 0.2) is 6.23 Å². The molecule has 5 nitrogen and oxygen atoms in total. The molecule has 0 spiro atoms. The molecular formula is C20H18N4O. The van der Waals surface area contributed by atoms with Crippen LogP contribution in [-0.2, 0) is 4.74 Å². The molecule has 1 aliphatic rings. The third-order valence-corrected chi connectivity index (χ3v) is 4.11. The zero-order valence-corrected chi connectivity index (χ0v) is 13.9. The summed E-state index contributed by atoms with van der Waals surface area (Å²) >= 11 is 0. The Bertz CT molecular complexity index is 910. The molecule has 1 aromatic heterocycles. The van der Waals surface area contributed by atoms with Crippen molar-refractivity contribution in [2.45, 2.75) is 13.2 Å². The Kier molecular flexibility index (Phi) is 3.99. The highest BCUT2D eigenvalue weighted by molar-refractivity contribution is 5.99. The van der Waals surface area contributed by atoms with Crippen molar-refractivity contribution < 1.29 is 4.74 Å². The molecule has 25 heavy (non-hydrogen) atoms. The second-order valence-electron chi connectivity index (χ2n) is 5.74. The van der Waals surface area contributed by atoms with Crippen molar-refractivity contribution in [1.82, 2.24) is 15.3 Å². The zero-order valence-electron chi connectivity index (χ0n) is 13.9. The van der Waals surface area contributed by atoms with Gasteiger partial charge in [0.2, 0.25) is 0 Å². The maximum atomic E-state index is 8.18. The molecule has 0 radical (unpaired) electrons. The molecule has 3 aromatic rings. The second kappa shape index (κ2) is 6.45. The van der Waals surface area contributed by atoms with Gasteiger partial charge in [0.05, 0.1) is 11.4 Å². The molecule has 1 unspecified atom stereocenters. The highest BCUT2D eigenvalue weighted by Crippen LogP contribution is 2.33. The van der Waals surface area contributed by atoms with E-state index in [4.69, 9.17) is 20.1 Å². The van der Waals surface area contributed by atoms with Crippen LogP contribution in [0.2, 0.25) is 0 Å². The lowest BCUT2D eigenvalue weighted by atomic mass is 10.0. The van der Waals surface area contributed by atoms with Crippen molar-refractivity contribution >= 4 is 5.84 Å². The van der Waals surface area contributed by atoms with Crippen LogP contribution in [0.4, 0.5) is 0 Å². The van der Waals surface area contributed by atoms with Crippen molar-refractivity contribution in [1.29, 1.82) is 5.41 Å². The lowest BCUT2D eigenvalue weighted by Gasteiger charge is -2.14. The number of ether oxygens (including phenoxy) is 1. The van der Waals surface area contributed by atoms with Crippen LogP contribution in [0.3, 0.4) is 0 Å². The number of amidine groups is 1. The number of fused-ring (bicyclic) bond motifs is 1. The Hall–Kier alpha value is -3.05. The average Bonchev–Trinajstić information content (AvgIpc) is 2.97. The van der Waals surface area contributed by atoms with Crippen LogP contribution in [0.5, 0.6) is 0 Å². The summed E-state index contributed by atoms with van der Waals surface area (Å²) in [5.74, 6) is 0.248. The fourth-order valence-electron chi connectivity index (χ4n) is 2.96. The molecule has 0 saturated carbocycles. The molecule has 0 amide bonds. The number of nitrogens with one attached hydrogen (secondary N) is 2. The molecular weight excluding hydrogens is 312 g/mol. The lowest BCUT2D eigenvalue weighted by Crippen LogP contribution is -2.21. The summed E-state index contributed by atoms with van der Waals surface area (Å²) in [7, 11) is 0. The van der Waals surface area contributed by atoms with E-state index in [1.165, 1.54) is 0 Å². The summed E-state index contributed by atoms with van der Waals surface area (Å²) in [6.07, 6.45) is -0.424. The first-order chi connectivity index (χ1) is 12.3. The van der Waals surface area contributed by atoms with Gasteiger partial charge in [-0.15, -0.1) is 0 Å². The predicted molar refractivity (Wildman–Crippen MR) is 97.2 cm³/mol. The van der Waals surface area contributed by atoms with Crippen molar-refractivity contribution in [3.63, 3.8) is 0 Å². The second-order valence-corrected chi connectivity index (χ2v) is 5.74. The van der Waals surface area contributed by atoms with E-state index in [1.54, 1.807) is 0 Å². The van der Waals surface area contributed by atoms with Crippen molar-refractivity contribution in [3.8, 4) is 22.5 Å². The maximum absolute atomic E-state index is 8.18. The standard InChI is InChI=1S/C20H18N4O/c1-2-25-20-18-17(19(21)24-20)22-15(13-9-5-3-6-10-13)16(23-18)14-11-7-4-8-12-14/h3-12,20H,2H2,1H3,(H2,21,24). The molecule has 1 aliphatic heterocycles. The summed E-state index contributed by atoms with van der Waals surface area (Å²) in [6, 6.07) is 19.9.